The zero-order chi connectivity index (χ0) is 30.2. The lowest BCUT2D eigenvalue weighted by Crippen LogP contribution is -2.13. The molecule has 0 radical (unpaired) electrons. The van der Waals surface area contributed by atoms with Gasteiger partial charge in [0.1, 0.15) is 0 Å². The highest BCUT2D eigenvalue weighted by Gasteiger charge is 2.07. The van der Waals surface area contributed by atoms with Gasteiger partial charge in [-0.1, -0.05) is 120 Å². The van der Waals surface area contributed by atoms with E-state index in [0.717, 1.165) is 57.8 Å². The van der Waals surface area contributed by atoms with Crippen molar-refractivity contribution in [2.45, 2.75) is 165 Å². The molecule has 0 aliphatic heterocycles. The van der Waals surface area contributed by atoms with Gasteiger partial charge in [0.2, 0.25) is 0 Å². The van der Waals surface area contributed by atoms with Gasteiger partial charge in [-0.25, -0.2) is 0 Å². The number of hydrogen-bond acceptors (Lipinski definition) is 6. The van der Waals surface area contributed by atoms with Crippen molar-refractivity contribution < 1.29 is 28.6 Å². The summed E-state index contributed by atoms with van der Waals surface area (Å²) < 4.78 is 15.1. The van der Waals surface area contributed by atoms with E-state index < -0.39 is 0 Å². The van der Waals surface area contributed by atoms with Gasteiger partial charge in [0, 0.05) is 12.8 Å². The number of carbonyl (C=O) groups excluding carboxylic acids is 3. The molecule has 0 saturated carbocycles. The van der Waals surface area contributed by atoms with Gasteiger partial charge in [-0.2, -0.15) is 0 Å². The summed E-state index contributed by atoms with van der Waals surface area (Å²) in [5.74, 6) is 0.484. The number of unbranched alkanes of at least 4 members (excludes halogenated alkanes) is 10. The van der Waals surface area contributed by atoms with Crippen LogP contribution in [0.1, 0.15) is 165 Å². The second-order valence-electron chi connectivity index (χ2n) is 11.0. The zero-order valence-corrected chi connectivity index (χ0v) is 27.2. The van der Waals surface area contributed by atoms with Crippen molar-refractivity contribution in [1.82, 2.24) is 0 Å². The predicted molar refractivity (Wildman–Crippen MR) is 164 cm³/mol. The van der Waals surface area contributed by atoms with E-state index in [1.807, 2.05) is 13.8 Å². The molecular weight excluding hydrogens is 492 g/mol. The second-order valence-corrected chi connectivity index (χ2v) is 11.0. The van der Waals surface area contributed by atoms with E-state index in [0.29, 0.717) is 38.6 Å². The molecule has 0 amide bonds. The van der Waals surface area contributed by atoms with E-state index in [4.69, 9.17) is 14.2 Å². The third kappa shape index (κ3) is 41.0. The number of rotatable bonds is 22. The summed E-state index contributed by atoms with van der Waals surface area (Å²) in [7, 11) is 0. The van der Waals surface area contributed by atoms with E-state index in [9.17, 15) is 14.4 Å². The topological polar surface area (TPSA) is 78.9 Å². The summed E-state index contributed by atoms with van der Waals surface area (Å²) in [6, 6.07) is 0. The molecule has 0 saturated heterocycles. The van der Waals surface area contributed by atoms with Crippen molar-refractivity contribution in [3.63, 3.8) is 0 Å². The molecule has 0 unspecified atom stereocenters. The maximum Gasteiger partial charge on any atom is 0.308 e. The fourth-order valence-corrected chi connectivity index (χ4v) is 3.17. The molecule has 0 aliphatic rings. The quantitative estimate of drug-likeness (QED) is 0.0747. The van der Waals surface area contributed by atoms with Crippen LogP contribution < -0.4 is 0 Å². The van der Waals surface area contributed by atoms with Crippen molar-refractivity contribution in [2.24, 2.45) is 11.8 Å². The summed E-state index contributed by atoms with van der Waals surface area (Å²) in [6.45, 7) is 18.3. The van der Waals surface area contributed by atoms with Crippen LogP contribution in [0.25, 0.3) is 0 Å². The SMILES string of the molecule is CC(C)CCOC(=O)C(C)C.CCCCCCC(=O)OCCCCC.CCCCCCC(=O)OCCCCC. The molecule has 0 spiro atoms. The Kier molecular flexibility index (Phi) is 37.0. The standard InChI is InChI=1S/2C12H24O2.C9H18O2/c2*1-3-5-7-8-10-12(13)14-11-9-6-4-2;1-7(2)5-6-11-9(10)8(3)4/h2*3-11H2,1-2H3;7-8H,5-6H2,1-4H3. The Labute approximate surface area is 242 Å². The number of carbonyl (C=O) groups is 3. The minimum absolute atomic E-state index is 0.00200. The normalized spacial score (nSPS) is 10.3. The molecule has 0 aromatic heterocycles. The molecule has 0 aliphatic carbocycles. The Morgan fingerprint density at radius 2 is 0.872 bits per heavy atom. The van der Waals surface area contributed by atoms with Crippen LogP contribution in [0.5, 0.6) is 0 Å². The lowest BCUT2D eigenvalue weighted by atomic mass is 10.1. The van der Waals surface area contributed by atoms with Gasteiger partial charge in [-0.05, 0) is 38.0 Å². The smallest absolute Gasteiger partial charge is 0.308 e. The van der Waals surface area contributed by atoms with Gasteiger partial charge in [0.15, 0.2) is 0 Å². The molecule has 0 rings (SSSR count). The summed E-state index contributed by atoms with van der Waals surface area (Å²) in [4.78, 5) is 33.2. The van der Waals surface area contributed by atoms with E-state index in [1.54, 1.807) is 0 Å². The van der Waals surface area contributed by atoms with Gasteiger partial charge in [0.25, 0.3) is 0 Å². The first-order chi connectivity index (χ1) is 18.7. The van der Waals surface area contributed by atoms with Crippen LogP contribution in [0.15, 0.2) is 0 Å². The van der Waals surface area contributed by atoms with E-state index in [2.05, 4.69) is 41.5 Å². The average molecular weight is 559 g/mol. The molecular formula is C33H66O6. The fraction of sp³-hybridized carbons (Fsp3) is 0.909. The second kappa shape index (κ2) is 34.4. The van der Waals surface area contributed by atoms with Crippen LogP contribution in [-0.2, 0) is 28.6 Å². The molecule has 6 heteroatoms. The Morgan fingerprint density at radius 3 is 1.21 bits per heavy atom. The molecule has 6 nitrogen and oxygen atoms in total. The summed E-state index contributed by atoms with van der Waals surface area (Å²) in [6.07, 6.45) is 18.0. The minimum Gasteiger partial charge on any atom is -0.466 e. The number of ether oxygens (including phenoxy) is 3. The maximum atomic E-state index is 11.1. The first-order valence-electron chi connectivity index (χ1n) is 16.1. The lowest BCUT2D eigenvalue weighted by molar-refractivity contribution is -0.147. The maximum absolute atomic E-state index is 11.1. The van der Waals surface area contributed by atoms with Crippen LogP contribution >= 0.6 is 0 Å². The van der Waals surface area contributed by atoms with Crippen molar-refractivity contribution >= 4 is 17.9 Å². The van der Waals surface area contributed by atoms with Crippen LogP contribution in [0.3, 0.4) is 0 Å². The number of esters is 3. The highest BCUT2D eigenvalue weighted by atomic mass is 16.5. The van der Waals surface area contributed by atoms with Gasteiger partial charge in [-0.3, -0.25) is 14.4 Å². The third-order valence-electron chi connectivity index (χ3n) is 5.90. The molecule has 0 aromatic rings. The molecule has 0 aromatic carbocycles. The Hall–Kier alpha value is -1.59. The molecule has 0 heterocycles. The molecule has 0 N–H and O–H groups in total. The van der Waals surface area contributed by atoms with Gasteiger partial charge < -0.3 is 14.2 Å². The van der Waals surface area contributed by atoms with Gasteiger partial charge in [-0.15, -0.1) is 0 Å². The van der Waals surface area contributed by atoms with Crippen molar-refractivity contribution in [1.29, 1.82) is 0 Å². The molecule has 0 atom stereocenters. The Balaban J connectivity index is -0.000000503. The van der Waals surface area contributed by atoms with Crippen molar-refractivity contribution in [3.8, 4) is 0 Å². The van der Waals surface area contributed by atoms with Crippen LogP contribution in [-0.4, -0.2) is 37.7 Å². The highest BCUT2D eigenvalue weighted by molar-refractivity contribution is 5.71. The predicted octanol–water partition coefficient (Wildman–Crippen LogP) is 9.61. The van der Waals surface area contributed by atoms with Crippen LogP contribution in [0, 0.1) is 11.8 Å². The van der Waals surface area contributed by atoms with Gasteiger partial charge in [0.05, 0.1) is 25.7 Å². The van der Waals surface area contributed by atoms with E-state index in [-0.39, 0.29) is 23.8 Å². The largest absolute Gasteiger partial charge is 0.466 e. The van der Waals surface area contributed by atoms with E-state index >= 15 is 0 Å². The molecule has 0 bridgehead atoms. The van der Waals surface area contributed by atoms with Crippen LogP contribution in [0.2, 0.25) is 0 Å². The molecule has 39 heavy (non-hydrogen) atoms. The first kappa shape index (κ1) is 41.9. The van der Waals surface area contributed by atoms with E-state index in [1.165, 1.54) is 38.5 Å². The zero-order valence-electron chi connectivity index (χ0n) is 27.2. The fourth-order valence-electron chi connectivity index (χ4n) is 3.17. The average Bonchev–Trinajstić information content (AvgIpc) is 2.90. The lowest BCUT2D eigenvalue weighted by Gasteiger charge is -2.07. The third-order valence-corrected chi connectivity index (χ3v) is 5.90. The monoisotopic (exact) mass is 558 g/mol. The van der Waals surface area contributed by atoms with Gasteiger partial charge >= 0.3 is 17.9 Å². The molecule has 234 valence electrons. The minimum atomic E-state index is -0.0920. The van der Waals surface area contributed by atoms with Crippen molar-refractivity contribution in [3.05, 3.63) is 0 Å². The summed E-state index contributed by atoms with van der Waals surface area (Å²) in [5, 5.41) is 0. The molecule has 0 fully saturated rings. The summed E-state index contributed by atoms with van der Waals surface area (Å²) in [5.41, 5.74) is 0. The van der Waals surface area contributed by atoms with Crippen molar-refractivity contribution in [2.75, 3.05) is 19.8 Å². The summed E-state index contributed by atoms with van der Waals surface area (Å²) >= 11 is 0. The Morgan fingerprint density at radius 1 is 0.487 bits per heavy atom. The van der Waals surface area contributed by atoms with Crippen LogP contribution in [0.4, 0.5) is 0 Å². The first-order valence-corrected chi connectivity index (χ1v) is 16.1. The highest BCUT2D eigenvalue weighted by Crippen LogP contribution is 2.05. The Bertz CT molecular complexity index is 470. The number of hydrogen-bond donors (Lipinski definition) is 0.